The van der Waals surface area contributed by atoms with Gasteiger partial charge in [-0.3, -0.25) is 9.69 Å². The van der Waals surface area contributed by atoms with Gasteiger partial charge in [0.05, 0.1) is 6.04 Å². The number of rotatable bonds is 4. The number of hydrogen-bond donors (Lipinski definition) is 1. The van der Waals surface area contributed by atoms with Crippen molar-refractivity contribution in [2.45, 2.75) is 45.7 Å². The Bertz CT molecular complexity index is 545. The molecule has 2 aliphatic rings. The zero-order chi connectivity index (χ0) is 15.7. The fraction of sp³-hybridized carbons (Fsp3) is 0.611. The van der Waals surface area contributed by atoms with Crippen LogP contribution in [0.4, 0.5) is 5.69 Å². The normalized spacial score (nSPS) is 20.8. The number of amides is 1. The lowest BCUT2D eigenvalue weighted by Crippen LogP contribution is -2.54. The summed E-state index contributed by atoms with van der Waals surface area (Å²) >= 11 is 0. The van der Waals surface area contributed by atoms with Gasteiger partial charge in [-0.15, -0.1) is 0 Å². The molecule has 1 N–H and O–H groups in total. The Labute approximate surface area is 133 Å². The maximum atomic E-state index is 12.2. The number of hydrogen-bond acceptors (Lipinski definition) is 3. The molecule has 1 aliphatic heterocycles. The lowest BCUT2D eigenvalue weighted by molar-refractivity contribution is -0.126. The first kappa shape index (κ1) is 15.3. The van der Waals surface area contributed by atoms with E-state index >= 15 is 0 Å². The van der Waals surface area contributed by atoms with Gasteiger partial charge in [-0.2, -0.15) is 0 Å². The van der Waals surface area contributed by atoms with Gasteiger partial charge in [-0.25, -0.2) is 0 Å². The predicted octanol–water partition coefficient (Wildman–Crippen LogP) is 2.09. The van der Waals surface area contributed by atoms with Crippen molar-refractivity contribution in [1.82, 2.24) is 10.2 Å². The number of carbonyl (C=O) groups excluding carboxylic acids is 1. The first-order chi connectivity index (χ1) is 10.6. The Kier molecular flexibility index (Phi) is 4.39. The van der Waals surface area contributed by atoms with Gasteiger partial charge in [0.15, 0.2) is 0 Å². The summed E-state index contributed by atoms with van der Waals surface area (Å²) < 4.78 is 0. The molecule has 120 valence electrons. The van der Waals surface area contributed by atoms with E-state index in [1.807, 2.05) is 6.92 Å². The van der Waals surface area contributed by atoms with Crippen LogP contribution >= 0.6 is 0 Å². The van der Waals surface area contributed by atoms with Gasteiger partial charge in [0.25, 0.3) is 0 Å². The summed E-state index contributed by atoms with van der Waals surface area (Å²) in [7, 11) is 0. The lowest BCUT2D eigenvalue weighted by Gasteiger charge is -2.39. The van der Waals surface area contributed by atoms with Gasteiger partial charge in [0.1, 0.15) is 0 Å². The third-order valence-electron chi connectivity index (χ3n) is 5.08. The standard InChI is InChI=1S/C18H27N3O/c1-13-5-4-6-17(14(13)2)21-11-9-20(10-12-21)15(3)18(22)19-16-7-8-16/h4-6,15-16H,7-12H2,1-3H3,(H,19,22)/t15-/m0/s1. The molecule has 0 radical (unpaired) electrons. The van der Waals surface area contributed by atoms with E-state index < -0.39 is 0 Å². The van der Waals surface area contributed by atoms with E-state index in [9.17, 15) is 4.79 Å². The molecular weight excluding hydrogens is 274 g/mol. The average molecular weight is 301 g/mol. The van der Waals surface area contributed by atoms with E-state index in [1.54, 1.807) is 0 Å². The topological polar surface area (TPSA) is 35.6 Å². The minimum absolute atomic E-state index is 0.0126. The van der Waals surface area contributed by atoms with Crippen LogP contribution in [0.5, 0.6) is 0 Å². The highest BCUT2D eigenvalue weighted by Gasteiger charge is 2.30. The molecule has 1 aromatic rings. The van der Waals surface area contributed by atoms with Gasteiger partial charge in [0, 0.05) is 37.9 Å². The van der Waals surface area contributed by atoms with E-state index in [1.165, 1.54) is 16.8 Å². The lowest BCUT2D eigenvalue weighted by atomic mass is 10.1. The van der Waals surface area contributed by atoms with Crippen LogP contribution in [0.2, 0.25) is 0 Å². The van der Waals surface area contributed by atoms with Crippen LogP contribution in [0.15, 0.2) is 18.2 Å². The summed E-state index contributed by atoms with van der Waals surface area (Å²) in [5.41, 5.74) is 4.06. The molecule has 0 aromatic heterocycles. The van der Waals surface area contributed by atoms with Gasteiger partial charge >= 0.3 is 0 Å². The Balaban J connectivity index is 1.57. The second kappa shape index (κ2) is 6.29. The predicted molar refractivity (Wildman–Crippen MR) is 90.3 cm³/mol. The number of nitrogens with zero attached hydrogens (tertiary/aromatic N) is 2. The molecule has 1 heterocycles. The zero-order valence-corrected chi connectivity index (χ0v) is 13.9. The molecule has 1 aliphatic carbocycles. The number of piperazine rings is 1. The van der Waals surface area contributed by atoms with Crippen molar-refractivity contribution in [1.29, 1.82) is 0 Å². The number of benzene rings is 1. The third-order valence-corrected chi connectivity index (χ3v) is 5.08. The van der Waals surface area contributed by atoms with Crippen LogP contribution < -0.4 is 10.2 Å². The van der Waals surface area contributed by atoms with E-state index in [0.29, 0.717) is 6.04 Å². The van der Waals surface area contributed by atoms with Gasteiger partial charge in [0.2, 0.25) is 5.91 Å². The molecule has 1 aromatic carbocycles. The largest absolute Gasteiger partial charge is 0.369 e. The Hall–Kier alpha value is -1.55. The van der Waals surface area contributed by atoms with Crippen molar-refractivity contribution in [3.8, 4) is 0 Å². The summed E-state index contributed by atoms with van der Waals surface area (Å²) in [6.45, 7) is 10.3. The first-order valence-corrected chi connectivity index (χ1v) is 8.42. The van der Waals surface area contributed by atoms with Gasteiger partial charge in [-0.1, -0.05) is 12.1 Å². The minimum Gasteiger partial charge on any atom is -0.369 e. The molecule has 22 heavy (non-hydrogen) atoms. The van der Waals surface area contributed by atoms with E-state index in [-0.39, 0.29) is 11.9 Å². The van der Waals surface area contributed by atoms with Crippen molar-refractivity contribution in [2.24, 2.45) is 0 Å². The molecule has 4 heteroatoms. The number of anilines is 1. The van der Waals surface area contributed by atoms with Crippen LogP contribution in [0, 0.1) is 13.8 Å². The molecule has 0 bridgehead atoms. The third kappa shape index (κ3) is 3.27. The van der Waals surface area contributed by atoms with Crippen molar-refractivity contribution < 1.29 is 4.79 Å². The van der Waals surface area contributed by atoms with E-state index in [4.69, 9.17) is 0 Å². The van der Waals surface area contributed by atoms with Crippen LogP contribution in [0.1, 0.15) is 30.9 Å². The van der Waals surface area contributed by atoms with Gasteiger partial charge in [-0.05, 0) is 50.8 Å². The molecule has 1 saturated carbocycles. The highest BCUT2D eigenvalue weighted by atomic mass is 16.2. The SMILES string of the molecule is Cc1cccc(N2CCN([C@@H](C)C(=O)NC3CC3)CC2)c1C. The number of aryl methyl sites for hydroxylation is 1. The summed E-state index contributed by atoms with van der Waals surface area (Å²) in [6, 6.07) is 6.95. The van der Waals surface area contributed by atoms with Crippen molar-refractivity contribution >= 4 is 11.6 Å². The van der Waals surface area contributed by atoms with Crippen molar-refractivity contribution in [3.63, 3.8) is 0 Å². The van der Waals surface area contributed by atoms with Crippen LogP contribution in [0.3, 0.4) is 0 Å². The highest BCUT2D eigenvalue weighted by molar-refractivity contribution is 5.81. The number of nitrogens with one attached hydrogen (secondary N) is 1. The minimum atomic E-state index is -0.0126. The molecule has 2 fully saturated rings. The second-order valence-corrected chi connectivity index (χ2v) is 6.70. The van der Waals surface area contributed by atoms with E-state index in [2.05, 4.69) is 47.2 Å². The highest BCUT2D eigenvalue weighted by Crippen LogP contribution is 2.24. The van der Waals surface area contributed by atoms with E-state index in [0.717, 1.165) is 39.0 Å². The fourth-order valence-electron chi connectivity index (χ4n) is 3.14. The Morgan fingerprint density at radius 1 is 1.18 bits per heavy atom. The maximum absolute atomic E-state index is 12.2. The molecule has 4 nitrogen and oxygen atoms in total. The van der Waals surface area contributed by atoms with Crippen LogP contribution in [0.25, 0.3) is 0 Å². The molecular formula is C18H27N3O. The van der Waals surface area contributed by atoms with Crippen LogP contribution in [-0.4, -0.2) is 49.1 Å². The quantitative estimate of drug-likeness (QED) is 0.925. The Morgan fingerprint density at radius 3 is 2.50 bits per heavy atom. The summed E-state index contributed by atoms with van der Waals surface area (Å²) in [5, 5.41) is 3.12. The molecule has 0 spiro atoms. The first-order valence-electron chi connectivity index (χ1n) is 8.42. The Morgan fingerprint density at radius 2 is 1.86 bits per heavy atom. The summed E-state index contributed by atoms with van der Waals surface area (Å²) in [5.74, 6) is 0.197. The van der Waals surface area contributed by atoms with Crippen molar-refractivity contribution in [2.75, 3.05) is 31.1 Å². The number of carbonyl (C=O) groups is 1. The summed E-state index contributed by atoms with van der Waals surface area (Å²) in [4.78, 5) is 16.9. The van der Waals surface area contributed by atoms with Crippen LogP contribution in [-0.2, 0) is 4.79 Å². The summed E-state index contributed by atoms with van der Waals surface area (Å²) in [6.07, 6.45) is 2.30. The molecule has 1 atom stereocenters. The smallest absolute Gasteiger partial charge is 0.237 e. The zero-order valence-electron chi connectivity index (χ0n) is 13.9. The average Bonchev–Trinajstić information content (AvgIpc) is 3.33. The fourth-order valence-corrected chi connectivity index (χ4v) is 3.14. The molecule has 1 saturated heterocycles. The molecule has 3 rings (SSSR count). The van der Waals surface area contributed by atoms with Gasteiger partial charge < -0.3 is 10.2 Å². The molecule has 1 amide bonds. The maximum Gasteiger partial charge on any atom is 0.237 e. The monoisotopic (exact) mass is 301 g/mol. The molecule has 0 unspecified atom stereocenters. The second-order valence-electron chi connectivity index (χ2n) is 6.70. The van der Waals surface area contributed by atoms with Crippen molar-refractivity contribution in [3.05, 3.63) is 29.3 Å².